The summed E-state index contributed by atoms with van der Waals surface area (Å²) in [5.74, 6) is -0.369. The molecule has 4 rings (SSSR count). The van der Waals surface area contributed by atoms with Gasteiger partial charge in [-0.3, -0.25) is 19.4 Å². The lowest BCUT2D eigenvalue weighted by Gasteiger charge is -2.21. The van der Waals surface area contributed by atoms with E-state index in [-0.39, 0.29) is 23.3 Å². The molecular weight excluding hydrogens is 508 g/mol. The second-order valence-electron chi connectivity index (χ2n) is 10.8. The van der Waals surface area contributed by atoms with Crippen LogP contribution < -0.4 is 21.3 Å². The molecule has 1 atom stereocenters. The summed E-state index contributed by atoms with van der Waals surface area (Å²) in [7, 11) is 1.55. The van der Waals surface area contributed by atoms with Gasteiger partial charge in [-0.1, -0.05) is 20.8 Å². The average molecular weight is 545 g/mol. The van der Waals surface area contributed by atoms with E-state index >= 15 is 0 Å². The number of anilines is 3. The third-order valence-corrected chi connectivity index (χ3v) is 6.70. The van der Waals surface area contributed by atoms with Crippen molar-refractivity contribution in [3.8, 4) is 0 Å². The molecule has 1 saturated heterocycles. The highest BCUT2D eigenvalue weighted by Gasteiger charge is 2.21. The number of rotatable bonds is 8. The van der Waals surface area contributed by atoms with Crippen LogP contribution in [0.4, 0.5) is 17.2 Å². The molecule has 1 aromatic carbocycles. The van der Waals surface area contributed by atoms with Crippen molar-refractivity contribution in [2.75, 3.05) is 36.1 Å². The fraction of sp³-hybridized carbons (Fsp3) is 0.367. The Bertz CT molecular complexity index is 1390. The van der Waals surface area contributed by atoms with Gasteiger partial charge in [0.05, 0.1) is 41.1 Å². The van der Waals surface area contributed by atoms with Gasteiger partial charge in [-0.25, -0.2) is 4.98 Å². The molecule has 1 aliphatic heterocycles. The highest BCUT2D eigenvalue weighted by molar-refractivity contribution is 6.08. The van der Waals surface area contributed by atoms with Crippen LogP contribution in [0.15, 0.2) is 48.8 Å². The maximum Gasteiger partial charge on any atom is 0.257 e. The van der Waals surface area contributed by atoms with Crippen molar-refractivity contribution in [2.45, 2.75) is 52.1 Å². The SMILES string of the molecule is CNC(=O)c1cc(C(=O)Nc2cnc(C)c(C(=O)Nc3ccc(NCC4CCCO4)nc3)c2)cc(C(C)(C)C)c1. The van der Waals surface area contributed by atoms with Gasteiger partial charge in [0.25, 0.3) is 17.7 Å². The van der Waals surface area contributed by atoms with Crippen molar-refractivity contribution < 1.29 is 19.1 Å². The Morgan fingerprint density at radius 2 is 1.62 bits per heavy atom. The molecule has 0 saturated carbocycles. The molecule has 0 radical (unpaired) electrons. The summed E-state index contributed by atoms with van der Waals surface area (Å²) in [4.78, 5) is 47.3. The largest absolute Gasteiger partial charge is 0.376 e. The van der Waals surface area contributed by atoms with E-state index in [0.717, 1.165) is 25.0 Å². The van der Waals surface area contributed by atoms with Crippen molar-refractivity contribution in [2.24, 2.45) is 0 Å². The molecular formula is C30H36N6O4. The lowest BCUT2D eigenvalue weighted by Crippen LogP contribution is -2.22. The zero-order chi connectivity index (χ0) is 28.9. The van der Waals surface area contributed by atoms with E-state index in [2.05, 4.69) is 31.2 Å². The van der Waals surface area contributed by atoms with E-state index in [1.807, 2.05) is 20.8 Å². The lowest BCUT2D eigenvalue weighted by atomic mass is 9.85. The van der Waals surface area contributed by atoms with E-state index in [9.17, 15) is 14.4 Å². The van der Waals surface area contributed by atoms with Gasteiger partial charge in [0.2, 0.25) is 0 Å². The van der Waals surface area contributed by atoms with Crippen molar-refractivity contribution in [3.63, 3.8) is 0 Å². The predicted molar refractivity (Wildman–Crippen MR) is 155 cm³/mol. The van der Waals surface area contributed by atoms with Gasteiger partial charge in [0.15, 0.2) is 0 Å². The molecule has 0 aliphatic carbocycles. The van der Waals surface area contributed by atoms with E-state index < -0.39 is 5.91 Å². The van der Waals surface area contributed by atoms with Crippen LogP contribution in [0, 0.1) is 6.92 Å². The van der Waals surface area contributed by atoms with Gasteiger partial charge in [0.1, 0.15) is 5.82 Å². The molecule has 10 nitrogen and oxygen atoms in total. The van der Waals surface area contributed by atoms with Gasteiger partial charge in [-0.2, -0.15) is 0 Å². The van der Waals surface area contributed by atoms with Crippen LogP contribution >= 0.6 is 0 Å². The van der Waals surface area contributed by atoms with Crippen molar-refractivity contribution in [3.05, 3.63) is 76.7 Å². The average Bonchev–Trinajstić information content (AvgIpc) is 3.46. The normalized spacial score (nSPS) is 14.9. The van der Waals surface area contributed by atoms with Crippen LogP contribution in [0.5, 0.6) is 0 Å². The number of aromatic nitrogens is 2. The predicted octanol–water partition coefficient (Wildman–Crippen LogP) is 4.54. The number of nitrogens with zero attached hydrogens (tertiary/aromatic N) is 2. The number of hydrogen-bond acceptors (Lipinski definition) is 7. The second-order valence-corrected chi connectivity index (χ2v) is 10.8. The summed E-state index contributed by atoms with van der Waals surface area (Å²) in [5, 5.41) is 11.5. The van der Waals surface area contributed by atoms with Gasteiger partial charge in [-0.15, -0.1) is 0 Å². The van der Waals surface area contributed by atoms with E-state index in [1.54, 1.807) is 56.6 Å². The molecule has 1 aliphatic rings. The number of hydrogen-bond donors (Lipinski definition) is 4. The Labute approximate surface area is 234 Å². The minimum absolute atomic E-state index is 0.199. The molecule has 3 heterocycles. The standard InChI is InChI=1S/C30H36N6O4/c1-18-25(29(39)35-22-8-9-26(33-15-22)34-17-24-7-6-10-40-24)14-23(16-32-18)36-28(38)20-11-19(27(37)31-5)12-21(13-20)30(2,3)4/h8-9,11-16,24H,6-7,10,17H2,1-5H3,(H,31,37)(H,33,34)(H,35,39)(H,36,38). The number of carbonyl (C=O) groups is 3. The Morgan fingerprint density at radius 3 is 2.25 bits per heavy atom. The van der Waals surface area contributed by atoms with E-state index in [4.69, 9.17) is 4.74 Å². The monoisotopic (exact) mass is 544 g/mol. The molecule has 210 valence electrons. The van der Waals surface area contributed by atoms with Gasteiger partial charge in [-0.05, 0) is 67.1 Å². The Kier molecular flexibility index (Phi) is 8.79. The quantitative estimate of drug-likeness (QED) is 0.327. The smallest absolute Gasteiger partial charge is 0.257 e. The third-order valence-electron chi connectivity index (χ3n) is 6.70. The van der Waals surface area contributed by atoms with Crippen molar-refractivity contribution in [1.82, 2.24) is 15.3 Å². The molecule has 3 amide bonds. The zero-order valence-electron chi connectivity index (χ0n) is 23.6. The molecule has 1 unspecified atom stereocenters. The van der Waals surface area contributed by atoms with Crippen LogP contribution in [-0.2, 0) is 10.2 Å². The van der Waals surface area contributed by atoms with Crippen molar-refractivity contribution >= 4 is 34.9 Å². The first-order valence-electron chi connectivity index (χ1n) is 13.3. The number of benzene rings is 1. The molecule has 0 bridgehead atoms. The fourth-order valence-electron chi connectivity index (χ4n) is 4.30. The second kappa shape index (κ2) is 12.3. The molecule has 0 spiro atoms. The summed E-state index contributed by atoms with van der Waals surface area (Å²) in [6.07, 6.45) is 5.38. The Morgan fingerprint density at radius 1 is 0.925 bits per heavy atom. The van der Waals surface area contributed by atoms with Gasteiger partial charge < -0.3 is 26.0 Å². The minimum atomic E-state index is -0.413. The number of pyridine rings is 2. The van der Waals surface area contributed by atoms with Gasteiger partial charge >= 0.3 is 0 Å². The number of aryl methyl sites for hydroxylation is 1. The molecule has 10 heteroatoms. The molecule has 2 aromatic heterocycles. The summed E-state index contributed by atoms with van der Waals surface area (Å²) in [6.45, 7) is 9.24. The summed E-state index contributed by atoms with van der Waals surface area (Å²) in [6, 6.07) is 10.2. The van der Waals surface area contributed by atoms with Gasteiger partial charge in [0, 0.05) is 31.3 Å². The molecule has 4 N–H and O–H groups in total. The maximum absolute atomic E-state index is 13.2. The van der Waals surface area contributed by atoms with Crippen LogP contribution in [0.3, 0.4) is 0 Å². The van der Waals surface area contributed by atoms with E-state index in [0.29, 0.717) is 46.1 Å². The van der Waals surface area contributed by atoms with E-state index in [1.165, 1.54) is 6.20 Å². The first kappa shape index (κ1) is 28.7. The fourth-order valence-corrected chi connectivity index (χ4v) is 4.30. The molecule has 3 aromatic rings. The Hall–Kier alpha value is -4.31. The zero-order valence-corrected chi connectivity index (χ0v) is 23.6. The van der Waals surface area contributed by atoms with Crippen molar-refractivity contribution in [1.29, 1.82) is 0 Å². The number of amides is 3. The van der Waals surface area contributed by atoms with Crippen LogP contribution in [0.2, 0.25) is 0 Å². The minimum Gasteiger partial charge on any atom is -0.376 e. The first-order valence-corrected chi connectivity index (χ1v) is 13.3. The van der Waals surface area contributed by atoms with Crippen LogP contribution in [0.25, 0.3) is 0 Å². The highest BCUT2D eigenvalue weighted by Crippen LogP contribution is 2.26. The first-order chi connectivity index (χ1) is 19.0. The summed E-state index contributed by atoms with van der Waals surface area (Å²) >= 11 is 0. The maximum atomic E-state index is 13.2. The molecule has 40 heavy (non-hydrogen) atoms. The lowest BCUT2D eigenvalue weighted by molar-refractivity contribution is 0.0962. The number of carbonyl (C=O) groups excluding carboxylic acids is 3. The number of nitrogens with one attached hydrogen (secondary N) is 4. The Balaban J connectivity index is 1.45. The third kappa shape index (κ3) is 7.20. The van der Waals surface area contributed by atoms with Crippen LogP contribution in [0.1, 0.15) is 75.9 Å². The van der Waals surface area contributed by atoms with Crippen LogP contribution in [-0.4, -0.2) is 54.0 Å². The number of ether oxygens (including phenoxy) is 1. The topological polar surface area (TPSA) is 134 Å². The summed E-state index contributed by atoms with van der Waals surface area (Å²) < 4.78 is 5.61. The highest BCUT2D eigenvalue weighted by atomic mass is 16.5. The molecule has 1 fully saturated rings. The summed E-state index contributed by atoms with van der Waals surface area (Å²) in [5.41, 5.74) is 3.01.